The minimum atomic E-state index is -0.354. The van der Waals surface area contributed by atoms with Crippen LogP contribution in [0.15, 0.2) is 35.1 Å². The fourth-order valence-corrected chi connectivity index (χ4v) is 2.97. The number of hydrogen-bond acceptors (Lipinski definition) is 2. The highest BCUT2D eigenvalue weighted by atomic mass is 16.2. The third-order valence-corrected chi connectivity index (χ3v) is 4.19. The highest BCUT2D eigenvalue weighted by Gasteiger charge is 2.20. The number of hydrogen-bond donors (Lipinski definition) is 2. The topological polar surface area (TPSA) is 62.0 Å². The zero-order chi connectivity index (χ0) is 15.7. The molecule has 1 aromatic carbocycles. The van der Waals surface area contributed by atoms with Gasteiger partial charge in [0.05, 0.1) is 0 Å². The molecule has 3 rings (SSSR count). The minimum Gasteiger partial charge on any atom is -0.325 e. The Morgan fingerprint density at radius 1 is 1.32 bits per heavy atom. The second-order valence-corrected chi connectivity index (χ2v) is 6.19. The molecule has 114 valence electrons. The van der Waals surface area contributed by atoms with Crippen LogP contribution in [-0.4, -0.2) is 10.9 Å². The normalized spacial score (nSPS) is 16.9. The van der Waals surface area contributed by atoms with Crippen LogP contribution in [-0.2, 0) is 12.8 Å². The Morgan fingerprint density at radius 2 is 2.14 bits per heavy atom. The molecule has 1 atom stereocenters. The summed E-state index contributed by atoms with van der Waals surface area (Å²) >= 11 is 0. The minimum absolute atomic E-state index is 0.189. The maximum atomic E-state index is 12.4. The van der Waals surface area contributed by atoms with Crippen LogP contribution in [0.2, 0.25) is 0 Å². The monoisotopic (exact) mass is 296 g/mol. The van der Waals surface area contributed by atoms with Crippen molar-refractivity contribution in [3.05, 3.63) is 63.1 Å². The molecule has 4 heteroatoms. The number of aromatic nitrogens is 1. The van der Waals surface area contributed by atoms with Crippen LogP contribution in [0, 0.1) is 12.8 Å². The summed E-state index contributed by atoms with van der Waals surface area (Å²) in [5, 5.41) is 2.80. The van der Waals surface area contributed by atoms with E-state index in [2.05, 4.69) is 17.2 Å². The maximum absolute atomic E-state index is 12.4. The average Bonchev–Trinajstić information content (AvgIpc) is 2.47. The number of H-pyrrole nitrogens is 1. The van der Waals surface area contributed by atoms with Crippen LogP contribution >= 0.6 is 0 Å². The number of benzene rings is 1. The van der Waals surface area contributed by atoms with E-state index in [0.29, 0.717) is 11.6 Å². The van der Waals surface area contributed by atoms with Crippen LogP contribution in [0.25, 0.3) is 0 Å². The van der Waals surface area contributed by atoms with Gasteiger partial charge in [0.1, 0.15) is 5.56 Å². The third-order valence-electron chi connectivity index (χ3n) is 4.19. The predicted molar refractivity (Wildman–Crippen MR) is 87.4 cm³/mol. The van der Waals surface area contributed by atoms with Crippen molar-refractivity contribution >= 4 is 11.6 Å². The Labute approximate surface area is 129 Å². The molecule has 1 amide bonds. The summed E-state index contributed by atoms with van der Waals surface area (Å²) < 4.78 is 0. The van der Waals surface area contributed by atoms with Gasteiger partial charge in [0, 0.05) is 11.4 Å². The van der Waals surface area contributed by atoms with Crippen LogP contribution in [0.4, 0.5) is 5.69 Å². The van der Waals surface area contributed by atoms with Gasteiger partial charge in [-0.1, -0.05) is 19.1 Å². The lowest BCUT2D eigenvalue weighted by atomic mass is 9.87. The Kier molecular flexibility index (Phi) is 3.84. The van der Waals surface area contributed by atoms with E-state index in [1.165, 1.54) is 0 Å². The van der Waals surface area contributed by atoms with Gasteiger partial charge in [0.15, 0.2) is 0 Å². The number of carbonyl (C=O) groups excluding carboxylic acids is 1. The average molecular weight is 296 g/mol. The second-order valence-electron chi connectivity index (χ2n) is 6.19. The maximum Gasteiger partial charge on any atom is 0.261 e. The molecule has 0 bridgehead atoms. The SMILES string of the molecule is Cc1cccc(NC(=O)c2cc3c([nH]c2=O)CC[C@@H](C)C3)c1. The van der Waals surface area contributed by atoms with Gasteiger partial charge in [-0.2, -0.15) is 0 Å². The van der Waals surface area contributed by atoms with Crippen molar-refractivity contribution in [2.24, 2.45) is 5.92 Å². The number of nitrogens with one attached hydrogen (secondary N) is 2. The standard InChI is InChI=1S/C18H20N2O2/c1-11-4-3-5-14(9-11)19-17(21)15-10-13-8-12(2)6-7-16(13)20-18(15)22/h3-5,9-10,12H,6-8H2,1-2H3,(H,19,21)(H,20,22)/t12-/m1/s1. The van der Waals surface area contributed by atoms with Gasteiger partial charge in [-0.05, 0) is 61.4 Å². The van der Waals surface area contributed by atoms with Crippen LogP contribution in [0.3, 0.4) is 0 Å². The van der Waals surface area contributed by atoms with Crippen LogP contribution < -0.4 is 10.9 Å². The molecule has 1 aliphatic rings. The lowest BCUT2D eigenvalue weighted by Crippen LogP contribution is -2.27. The van der Waals surface area contributed by atoms with Crippen LogP contribution in [0.5, 0.6) is 0 Å². The van der Waals surface area contributed by atoms with Crippen molar-refractivity contribution in [3.8, 4) is 0 Å². The van der Waals surface area contributed by atoms with E-state index in [4.69, 9.17) is 0 Å². The second kappa shape index (κ2) is 5.79. The number of pyridine rings is 1. The molecule has 0 fully saturated rings. The van der Waals surface area contributed by atoms with Crippen molar-refractivity contribution in [2.75, 3.05) is 5.32 Å². The summed E-state index contributed by atoms with van der Waals surface area (Å²) in [5.74, 6) is 0.235. The van der Waals surface area contributed by atoms with E-state index >= 15 is 0 Å². The fraction of sp³-hybridized carbons (Fsp3) is 0.333. The molecule has 0 aliphatic heterocycles. The number of carbonyl (C=O) groups is 1. The van der Waals surface area contributed by atoms with Gasteiger partial charge in [-0.15, -0.1) is 0 Å². The lowest BCUT2D eigenvalue weighted by Gasteiger charge is -2.21. The van der Waals surface area contributed by atoms with Gasteiger partial charge in [0.25, 0.3) is 11.5 Å². The molecule has 0 spiro atoms. The van der Waals surface area contributed by atoms with Crippen molar-refractivity contribution < 1.29 is 4.79 Å². The molecule has 1 heterocycles. The summed E-state index contributed by atoms with van der Waals surface area (Å²) in [5.41, 5.74) is 3.72. The predicted octanol–water partition coefficient (Wildman–Crippen LogP) is 3.06. The number of fused-ring (bicyclic) bond motifs is 1. The fourth-order valence-electron chi connectivity index (χ4n) is 2.97. The van der Waals surface area contributed by atoms with Gasteiger partial charge < -0.3 is 10.3 Å². The summed E-state index contributed by atoms with van der Waals surface area (Å²) in [6, 6.07) is 9.30. The Balaban J connectivity index is 1.89. The summed E-state index contributed by atoms with van der Waals surface area (Å²) in [6.45, 7) is 4.16. The Bertz CT molecular complexity index is 777. The van der Waals surface area contributed by atoms with Gasteiger partial charge in [-0.3, -0.25) is 9.59 Å². The zero-order valence-corrected chi connectivity index (χ0v) is 12.9. The smallest absolute Gasteiger partial charge is 0.261 e. The molecular weight excluding hydrogens is 276 g/mol. The first-order valence-electron chi connectivity index (χ1n) is 7.66. The summed E-state index contributed by atoms with van der Waals surface area (Å²) in [4.78, 5) is 27.4. The summed E-state index contributed by atoms with van der Waals surface area (Å²) in [6.07, 6.45) is 2.88. The summed E-state index contributed by atoms with van der Waals surface area (Å²) in [7, 11) is 0. The quantitative estimate of drug-likeness (QED) is 0.894. The van der Waals surface area contributed by atoms with Crippen LogP contribution in [0.1, 0.15) is 40.5 Å². The van der Waals surface area contributed by atoms with Gasteiger partial charge in [-0.25, -0.2) is 0 Å². The first-order valence-corrected chi connectivity index (χ1v) is 7.66. The molecular formula is C18H20N2O2. The van der Waals surface area contributed by atoms with Crippen molar-refractivity contribution in [2.45, 2.75) is 33.1 Å². The third kappa shape index (κ3) is 2.96. The molecule has 1 aromatic heterocycles. The largest absolute Gasteiger partial charge is 0.325 e. The lowest BCUT2D eigenvalue weighted by molar-refractivity contribution is 0.102. The molecule has 0 saturated carbocycles. The molecule has 0 radical (unpaired) electrons. The Hall–Kier alpha value is -2.36. The van der Waals surface area contributed by atoms with E-state index in [1.807, 2.05) is 31.2 Å². The van der Waals surface area contributed by atoms with E-state index in [1.54, 1.807) is 6.07 Å². The molecule has 1 aliphatic carbocycles. The zero-order valence-electron chi connectivity index (χ0n) is 12.9. The molecule has 22 heavy (non-hydrogen) atoms. The molecule has 4 nitrogen and oxygen atoms in total. The van der Waals surface area contributed by atoms with Gasteiger partial charge in [0.2, 0.25) is 0 Å². The highest BCUT2D eigenvalue weighted by molar-refractivity contribution is 6.04. The number of rotatable bonds is 2. The van der Waals surface area contributed by atoms with Crippen molar-refractivity contribution in [3.63, 3.8) is 0 Å². The molecule has 2 N–H and O–H groups in total. The number of amides is 1. The molecule has 0 unspecified atom stereocenters. The van der Waals surface area contributed by atoms with E-state index in [-0.39, 0.29) is 17.0 Å². The first-order chi connectivity index (χ1) is 10.5. The van der Waals surface area contributed by atoms with Gasteiger partial charge >= 0.3 is 0 Å². The molecule has 2 aromatic rings. The number of anilines is 1. The van der Waals surface area contributed by atoms with E-state index in [0.717, 1.165) is 36.1 Å². The van der Waals surface area contributed by atoms with Crippen molar-refractivity contribution in [1.82, 2.24) is 4.98 Å². The van der Waals surface area contributed by atoms with Crippen molar-refractivity contribution in [1.29, 1.82) is 0 Å². The first kappa shape index (κ1) is 14.6. The number of aromatic amines is 1. The number of aryl methyl sites for hydroxylation is 2. The molecule has 0 saturated heterocycles. The Morgan fingerprint density at radius 3 is 2.91 bits per heavy atom. The highest BCUT2D eigenvalue weighted by Crippen LogP contribution is 2.23. The van der Waals surface area contributed by atoms with E-state index in [9.17, 15) is 9.59 Å². The van der Waals surface area contributed by atoms with E-state index < -0.39 is 0 Å².